The van der Waals surface area contributed by atoms with Gasteiger partial charge in [0.1, 0.15) is 0 Å². The molecule has 1 fully saturated rings. The molecule has 0 N–H and O–H groups in total. The molecule has 1 aliphatic carbocycles. The van der Waals surface area contributed by atoms with Gasteiger partial charge in [0.05, 0.1) is 5.92 Å². The Morgan fingerprint density at radius 3 is 2.43 bits per heavy atom. The number of hydrogen-bond donors (Lipinski definition) is 0. The van der Waals surface area contributed by atoms with Crippen LogP contribution in [0.2, 0.25) is 0 Å². The molecule has 0 bridgehead atoms. The number of likely N-dealkylation sites (tertiary alicyclic amines) is 1. The van der Waals surface area contributed by atoms with Crippen LogP contribution >= 0.6 is 0 Å². The van der Waals surface area contributed by atoms with Crippen LogP contribution < -0.4 is 0 Å². The van der Waals surface area contributed by atoms with Gasteiger partial charge in [-0.2, -0.15) is 0 Å². The van der Waals surface area contributed by atoms with E-state index < -0.39 is 0 Å². The van der Waals surface area contributed by atoms with Gasteiger partial charge in [0.15, 0.2) is 5.78 Å². The number of hydrogen-bond acceptors (Lipinski definition) is 3. The van der Waals surface area contributed by atoms with E-state index >= 15 is 0 Å². The number of rotatable bonds is 2. The number of piperidine rings is 1. The van der Waals surface area contributed by atoms with Gasteiger partial charge < -0.3 is 4.90 Å². The van der Waals surface area contributed by atoms with Crippen LogP contribution in [0.1, 0.15) is 64.4 Å². The molecule has 0 spiro atoms. The zero-order valence-electron chi connectivity index (χ0n) is 17.2. The number of aliphatic imine (C=N–C) groups is 1. The fourth-order valence-electron chi connectivity index (χ4n) is 5.10. The highest BCUT2D eigenvalue weighted by atomic mass is 16.2. The van der Waals surface area contributed by atoms with Gasteiger partial charge in [-0.1, -0.05) is 44.2 Å². The maximum Gasteiger partial charge on any atom is 0.232 e. The van der Waals surface area contributed by atoms with Crippen molar-refractivity contribution in [1.82, 2.24) is 4.90 Å². The Morgan fingerprint density at radius 2 is 1.75 bits per heavy atom. The van der Waals surface area contributed by atoms with Crippen molar-refractivity contribution in [3.63, 3.8) is 0 Å². The summed E-state index contributed by atoms with van der Waals surface area (Å²) in [7, 11) is 0. The number of amides is 1. The van der Waals surface area contributed by atoms with Crippen LogP contribution in [0.4, 0.5) is 0 Å². The normalized spacial score (nSPS) is 27.3. The van der Waals surface area contributed by atoms with Crippen molar-refractivity contribution in [2.75, 3.05) is 13.1 Å². The zero-order valence-corrected chi connectivity index (χ0v) is 17.2. The predicted octanol–water partition coefficient (Wildman–Crippen LogP) is 4.52. The second-order valence-electron chi connectivity index (χ2n) is 9.31. The fraction of sp³-hybridized carbons (Fsp3) is 0.542. The Kier molecular flexibility index (Phi) is 4.98. The minimum absolute atomic E-state index is 0.0787. The third kappa shape index (κ3) is 3.45. The van der Waals surface area contributed by atoms with Crippen LogP contribution in [-0.2, 0) is 9.59 Å². The van der Waals surface area contributed by atoms with Gasteiger partial charge in [0, 0.05) is 42.4 Å². The van der Waals surface area contributed by atoms with E-state index in [2.05, 4.69) is 26.0 Å². The van der Waals surface area contributed by atoms with Gasteiger partial charge in [0.2, 0.25) is 5.91 Å². The maximum atomic E-state index is 13.6. The lowest BCUT2D eigenvalue weighted by Gasteiger charge is -2.41. The summed E-state index contributed by atoms with van der Waals surface area (Å²) in [5.41, 5.74) is 3.51. The molecule has 1 aromatic carbocycles. The Morgan fingerprint density at radius 1 is 1.07 bits per heavy atom. The van der Waals surface area contributed by atoms with Gasteiger partial charge >= 0.3 is 0 Å². The second kappa shape index (κ2) is 7.31. The Hall–Kier alpha value is -2.23. The van der Waals surface area contributed by atoms with Crippen molar-refractivity contribution in [3.8, 4) is 0 Å². The van der Waals surface area contributed by atoms with Crippen molar-refractivity contribution >= 4 is 17.4 Å². The van der Waals surface area contributed by atoms with Gasteiger partial charge in [-0.15, -0.1) is 0 Å². The first-order valence-corrected chi connectivity index (χ1v) is 10.5. The molecule has 148 valence electrons. The quantitative estimate of drug-likeness (QED) is 0.760. The monoisotopic (exact) mass is 378 g/mol. The zero-order chi connectivity index (χ0) is 19.9. The fourth-order valence-corrected chi connectivity index (χ4v) is 5.10. The van der Waals surface area contributed by atoms with Crippen LogP contribution in [0.3, 0.4) is 0 Å². The number of ketones is 1. The summed E-state index contributed by atoms with van der Waals surface area (Å²) in [6.07, 6.45) is 4.62. The Bertz CT molecular complexity index is 845. The SMILES string of the molecule is CC1=NC2=C(C(=O)CC(C)(C)C2)[C@@H](c2ccccc2)C1C(=O)N1CCCCC1. The van der Waals surface area contributed by atoms with Gasteiger partial charge in [-0.25, -0.2) is 0 Å². The molecule has 1 aromatic rings. The summed E-state index contributed by atoms with van der Waals surface area (Å²) >= 11 is 0. The van der Waals surface area contributed by atoms with E-state index in [0.29, 0.717) is 6.42 Å². The van der Waals surface area contributed by atoms with E-state index in [1.54, 1.807) is 0 Å². The molecule has 2 atom stereocenters. The van der Waals surface area contributed by atoms with Crippen LogP contribution in [0.15, 0.2) is 46.6 Å². The van der Waals surface area contributed by atoms with Crippen LogP contribution in [0.5, 0.6) is 0 Å². The van der Waals surface area contributed by atoms with E-state index in [1.165, 1.54) is 6.42 Å². The molecule has 0 saturated carbocycles. The summed E-state index contributed by atoms with van der Waals surface area (Å²) in [5.74, 6) is -0.289. The summed E-state index contributed by atoms with van der Waals surface area (Å²) < 4.78 is 0. The van der Waals surface area contributed by atoms with Gasteiger partial charge in [0.25, 0.3) is 0 Å². The molecule has 28 heavy (non-hydrogen) atoms. The van der Waals surface area contributed by atoms with Crippen LogP contribution in [0, 0.1) is 11.3 Å². The molecule has 1 amide bonds. The highest BCUT2D eigenvalue weighted by Gasteiger charge is 2.46. The number of carbonyl (C=O) groups is 2. The van der Waals surface area contributed by atoms with Crippen LogP contribution in [-0.4, -0.2) is 35.4 Å². The lowest BCUT2D eigenvalue weighted by atomic mass is 9.66. The van der Waals surface area contributed by atoms with Crippen molar-refractivity contribution in [3.05, 3.63) is 47.2 Å². The molecule has 3 aliphatic rings. The molecule has 4 rings (SSSR count). The molecule has 4 heteroatoms. The molecular weight excluding hydrogens is 348 g/mol. The summed E-state index contributed by atoms with van der Waals surface area (Å²) in [6.45, 7) is 7.86. The summed E-state index contributed by atoms with van der Waals surface area (Å²) in [4.78, 5) is 33.6. The molecular formula is C24H30N2O2. The average molecular weight is 379 g/mol. The molecule has 0 radical (unpaired) electrons. The van der Waals surface area contributed by atoms with E-state index in [1.807, 2.05) is 30.0 Å². The van der Waals surface area contributed by atoms with Crippen molar-refractivity contribution in [1.29, 1.82) is 0 Å². The average Bonchev–Trinajstić information content (AvgIpc) is 2.67. The van der Waals surface area contributed by atoms with Gasteiger partial charge in [-0.05, 0) is 43.6 Å². The van der Waals surface area contributed by atoms with Crippen molar-refractivity contribution in [2.45, 2.75) is 58.8 Å². The molecule has 1 unspecified atom stereocenters. The third-order valence-electron chi connectivity index (χ3n) is 6.39. The molecule has 2 aliphatic heterocycles. The molecule has 2 heterocycles. The second-order valence-corrected chi connectivity index (χ2v) is 9.31. The van der Waals surface area contributed by atoms with E-state index in [4.69, 9.17) is 4.99 Å². The first-order valence-electron chi connectivity index (χ1n) is 10.5. The third-order valence-corrected chi connectivity index (χ3v) is 6.39. The Balaban J connectivity index is 1.80. The molecule has 1 saturated heterocycles. The minimum atomic E-state index is -0.371. The highest BCUT2D eigenvalue weighted by Crippen LogP contribution is 2.48. The van der Waals surface area contributed by atoms with Crippen LogP contribution in [0.25, 0.3) is 0 Å². The lowest BCUT2D eigenvalue weighted by molar-refractivity contribution is -0.134. The number of Topliss-reactive ketones (excluding diaryl/α,β-unsaturated/α-hetero) is 1. The van der Waals surface area contributed by atoms with Crippen molar-refractivity contribution in [2.24, 2.45) is 16.3 Å². The topological polar surface area (TPSA) is 49.7 Å². The van der Waals surface area contributed by atoms with Crippen molar-refractivity contribution < 1.29 is 9.59 Å². The van der Waals surface area contributed by atoms with E-state index in [-0.39, 0.29) is 28.9 Å². The van der Waals surface area contributed by atoms with E-state index in [9.17, 15) is 9.59 Å². The maximum absolute atomic E-state index is 13.6. The predicted molar refractivity (Wildman–Crippen MR) is 111 cm³/mol. The summed E-state index contributed by atoms with van der Waals surface area (Å²) in [6, 6.07) is 10.1. The smallest absolute Gasteiger partial charge is 0.232 e. The van der Waals surface area contributed by atoms with E-state index in [0.717, 1.165) is 54.9 Å². The number of nitrogens with zero attached hydrogens (tertiary/aromatic N) is 2. The first-order chi connectivity index (χ1) is 13.4. The number of allylic oxidation sites excluding steroid dienone is 2. The summed E-state index contributed by atoms with van der Waals surface area (Å²) in [5, 5.41) is 0. The lowest BCUT2D eigenvalue weighted by Crippen LogP contribution is -2.46. The largest absolute Gasteiger partial charge is 0.342 e. The highest BCUT2D eigenvalue weighted by molar-refractivity contribution is 6.10. The van der Waals surface area contributed by atoms with Gasteiger partial charge in [-0.3, -0.25) is 14.6 Å². The number of benzene rings is 1. The first kappa shape index (κ1) is 19.1. The minimum Gasteiger partial charge on any atom is -0.342 e. The molecule has 0 aromatic heterocycles. The Labute approximate surface area is 167 Å². The number of carbonyl (C=O) groups excluding carboxylic acids is 2. The molecule has 4 nitrogen and oxygen atoms in total. The standard InChI is InChI=1S/C24H30N2O2/c1-16-20(23(28)26-12-8-5-9-13-26)21(17-10-6-4-7-11-17)22-18(25-16)14-24(2,3)15-19(22)27/h4,6-7,10-11,20-21H,5,8-9,12-15H2,1-3H3/t20?,21-/m0/s1.